The predicted molar refractivity (Wildman–Crippen MR) is 47.0 cm³/mol. The molecule has 0 bridgehead atoms. The van der Waals surface area contributed by atoms with Crippen molar-refractivity contribution >= 4 is 6.21 Å². The Bertz CT molecular complexity index is 271. The third-order valence-electron chi connectivity index (χ3n) is 1.59. The highest BCUT2D eigenvalue weighted by atomic mass is 16.5. The summed E-state index contributed by atoms with van der Waals surface area (Å²) in [5.74, 6) is 0.817. The maximum Gasteiger partial charge on any atom is 0.122 e. The van der Waals surface area contributed by atoms with Crippen LogP contribution in [0.25, 0.3) is 0 Å². The Labute approximate surface area is 71.3 Å². The van der Waals surface area contributed by atoms with Crippen LogP contribution in [-0.2, 0) is 6.42 Å². The Balaban J connectivity index is 2.81. The van der Waals surface area contributed by atoms with E-state index in [-0.39, 0.29) is 0 Å². The van der Waals surface area contributed by atoms with Crippen LogP contribution in [0.5, 0.6) is 5.75 Å². The summed E-state index contributed by atoms with van der Waals surface area (Å²) < 4.78 is 5.10. The van der Waals surface area contributed by atoms with E-state index in [4.69, 9.17) is 9.94 Å². The molecule has 0 unspecified atom stereocenters. The minimum atomic E-state index is 0.584. The second-order valence-electron chi connectivity index (χ2n) is 2.31. The van der Waals surface area contributed by atoms with E-state index < -0.39 is 0 Å². The Kier molecular flexibility index (Phi) is 3.14. The van der Waals surface area contributed by atoms with Crippen molar-refractivity contribution in [3.63, 3.8) is 0 Å². The highest BCUT2D eigenvalue weighted by Gasteiger charge is 1.98. The molecule has 0 atom stereocenters. The maximum atomic E-state index is 8.22. The van der Waals surface area contributed by atoms with Gasteiger partial charge in [-0.2, -0.15) is 0 Å². The molecule has 64 valence electrons. The summed E-state index contributed by atoms with van der Waals surface area (Å²) >= 11 is 0. The molecule has 0 spiro atoms. The zero-order valence-corrected chi connectivity index (χ0v) is 6.90. The van der Waals surface area contributed by atoms with Gasteiger partial charge in [-0.05, 0) is 11.6 Å². The molecule has 1 aromatic carbocycles. The Morgan fingerprint density at radius 2 is 2.25 bits per heavy atom. The number of hydrogen-bond acceptors (Lipinski definition) is 3. The third kappa shape index (κ3) is 1.99. The van der Waals surface area contributed by atoms with E-state index in [1.165, 1.54) is 6.21 Å². The first-order chi connectivity index (χ1) is 5.88. The number of methoxy groups -OCH3 is 1. The Morgan fingerprint density at radius 3 is 2.92 bits per heavy atom. The predicted octanol–water partition coefficient (Wildman–Crippen LogP) is 1.70. The summed E-state index contributed by atoms with van der Waals surface area (Å²) in [4.78, 5) is 0. The van der Waals surface area contributed by atoms with Gasteiger partial charge in [-0.1, -0.05) is 18.2 Å². The lowest BCUT2D eigenvalue weighted by Crippen LogP contribution is -1.92. The lowest BCUT2D eigenvalue weighted by atomic mass is 10.1. The lowest BCUT2D eigenvalue weighted by molar-refractivity contribution is 0.320. The van der Waals surface area contributed by atoms with Gasteiger partial charge in [-0.3, -0.25) is 0 Å². The monoisotopic (exact) mass is 165 g/mol. The summed E-state index contributed by atoms with van der Waals surface area (Å²) in [5, 5.41) is 11.1. The molecule has 0 saturated carbocycles. The van der Waals surface area contributed by atoms with Crippen molar-refractivity contribution in [2.75, 3.05) is 7.11 Å². The number of rotatable bonds is 3. The van der Waals surface area contributed by atoms with Gasteiger partial charge >= 0.3 is 0 Å². The van der Waals surface area contributed by atoms with Crippen LogP contribution in [0.2, 0.25) is 0 Å². The van der Waals surface area contributed by atoms with Crippen LogP contribution in [0, 0.1) is 0 Å². The van der Waals surface area contributed by atoms with E-state index in [9.17, 15) is 0 Å². The fourth-order valence-electron chi connectivity index (χ4n) is 1.01. The molecule has 0 radical (unpaired) electrons. The number of benzene rings is 1. The molecule has 0 aromatic heterocycles. The Hall–Kier alpha value is -1.51. The topological polar surface area (TPSA) is 41.8 Å². The van der Waals surface area contributed by atoms with Gasteiger partial charge in [0, 0.05) is 12.6 Å². The summed E-state index contributed by atoms with van der Waals surface area (Å²) in [6.07, 6.45) is 2.01. The van der Waals surface area contributed by atoms with Crippen LogP contribution < -0.4 is 4.74 Å². The molecular weight excluding hydrogens is 154 g/mol. The molecule has 1 N–H and O–H groups in total. The average molecular weight is 165 g/mol. The molecule has 0 heterocycles. The van der Waals surface area contributed by atoms with Gasteiger partial charge in [0.25, 0.3) is 0 Å². The number of ether oxygens (including phenoxy) is 1. The van der Waals surface area contributed by atoms with Crippen molar-refractivity contribution in [3.8, 4) is 5.75 Å². The second kappa shape index (κ2) is 4.38. The molecule has 0 amide bonds. The fourth-order valence-corrected chi connectivity index (χ4v) is 1.01. The Morgan fingerprint density at radius 1 is 1.50 bits per heavy atom. The molecule has 1 rings (SSSR count). The number of nitrogens with zero attached hydrogens (tertiary/aromatic N) is 1. The standard InChI is InChI=1S/C9H11NO2/c1-12-9-5-3-2-4-8(9)6-7-10-11/h2-5,7,11H,6H2,1H3/b10-7+. The number of hydrogen-bond donors (Lipinski definition) is 1. The first-order valence-electron chi connectivity index (χ1n) is 3.66. The van der Waals surface area contributed by atoms with E-state index in [0.29, 0.717) is 6.42 Å². The molecule has 1 aromatic rings. The second-order valence-corrected chi connectivity index (χ2v) is 2.31. The minimum Gasteiger partial charge on any atom is -0.496 e. The van der Waals surface area contributed by atoms with Crippen molar-refractivity contribution in [2.24, 2.45) is 5.16 Å². The van der Waals surface area contributed by atoms with Crippen LogP contribution >= 0.6 is 0 Å². The fraction of sp³-hybridized carbons (Fsp3) is 0.222. The first-order valence-corrected chi connectivity index (χ1v) is 3.66. The van der Waals surface area contributed by atoms with Crippen LogP contribution in [0.15, 0.2) is 29.4 Å². The van der Waals surface area contributed by atoms with Crippen molar-refractivity contribution in [1.29, 1.82) is 0 Å². The molecule has 3 nitrogen and oxygen atoms in total. The molecule has 0 saturated heterocycles. The van der Waals surface area contributed by atoms with E-state index in [2.05, 4.69) is 5.16 Å². The van der Waals surface area contributed by atoms with Gasteiger partial charge in [0.2, 0.25) is 0 Å². The van der Waals surface area contributed by atoms with Gasteiger partial charge in [-0.25, -0.2) is 0 Å². The molecule has 12 heavy (non-hydrogen) atoms. The van der Waals surface area contributed by atoms with Crippen molar-refractivity contribution in [3.05, 3.63) is 29.8 Å². The molecule has 3 heteroatoms. The first kappa shape index (κ1) is 8.59. The van der Waals surface area contributed by atoms with Crippen molar-refractivity contribution in [1.82, 2.24) is 0 Å². The summed E-state index contributed by atoms with van der Waals surface area (Å²) in [5.41, 5.74) is 1.01. The zero-order valence-electron chi connectivity index (χ0n) is 6.90. The minimum absolute atomic E-state index is 0.584. The number of oxime groups is 1. The molecule has 0 aliphatic heterocycles. The normalized spacial score (nSPS) is 10.4. The van der Waals surface area contributed by atoms with E-state index in [0.717, 1.165) is 11.3 Å². The largest absolute Gasteiger partial charge is 0.496 e. The molecule has 0 aliphatic rings. The highest BCUT2D eigenvalue weighted by Crippen LogP contribution is 2.16. The van der Waals surface area contributed by atoms with Crippen LogP contribution in [0.3, 0.4) is 0 Å². The third-order valence-corrected chi connectivity index (χ3v) is 1.59. The van der Waals surface area contributed by atoms with Crippen LogP contribution in [-0.4, -0.2) is 18.5 Å². The zero-order chi connectivity index (χ0) is 8.81. The highest BCUT2D eigenvalue weighted by molar-refractivity contribution is 5.62. The lowest BCUT2D eigenvalue weighted by Gasteiger charge is -2.04. The average Bonchev–Trinajstić information content (AvgIpc) is 2.15. The van der Waals surface area contributed by atoms with Gasteiger partial charge in [0.05, 0.1) is 7.11 Å². The van der Waals surface area contributed by atoms with E-state index >= 15 is 0 Å². The van der Waals surface area contributed by atoms with Gasteiger partial charge in [-0.15, -0.1) is 5.16 Å². The van der Waals surface area contributed by atoms with E-state index in [1.54, 1.807) is 7.11 Å². The van der Waals surface area contributed by atoms with Crippen molar-refractivity contribution < 1.29 is 9.94 Å². The van der Waals surface area contributed by atoms with Gasteiger partial charge in [0.1, 0.15) is 5.75 Å². The number of para-hydroxylation sites is 1. The summed E-state index contributed by atoms with van der Waals surface area (Å²) in [6, 6.07) is 7.63. The van der Waals surface area contributed by atoms with Gasteiger partial charge in [0.15, 0.2) is 0 Å². The maximum absolute atomic E-state index is 8.22. The SMILES string of the molecule is COc1ccccc1C/C=N/O. The quantitative estimate of drug-likeness (QED) is 0.420. The molecular formula is C9H11NO2. The van der Waals surface area contributed by atoms with Crippen LogP contribution in [0.1, 0.15) is 5.56 Å². The molecule has 0 fully saturated rings. The molecule has 0 aliphatic carbocycles. The summed E-state index contributed by atoms with van der Waals surface area (Å²) in [7, 11) is 1.62. The summed E-state index contributed by atoms with van der Waals surface area (Å²) in [6.45, 7) is 0. The smallest absolute Gasteiger partial charge is 0.122 e. The van der Waals surface area contributed by atoms with Crippen molar-refractivity contribution in [2.45, 2.75) is 6.42 Å². The van der Waals surface area contributed by atoms with E-state index in [1.807, 2.05) is 24.3 Å². The van der Waals surface area contributed by atoms with Gasteiger partial charge < -0.3 is 9.94 Å². The van der Waals surface area contributed by atoms with Crippen LogP contribution in [0.4, 0.5) is 0 Å².